The summed E-state index contributed by atoms with van der Waals surface area (Å²) in [7, 11) is 3.58. The number of imidazole rings is 1. The number of aromatic nitrogens is 5. The van der Waals surface area contributed by atoms with Gasteiger partial charge in [-0.3, -0.25) is 14.3 Å². The molecule has 0 unspecified atom stereocenters. The van der Waals surface area contributed by atoms with Gasteiger partial charge in [0.15, 0.2) is 5.82 Å². The second-order valence-electron chi connectivity index (χ2n) is 6.68. The summed E-state index contributed by atoms with van der Waals surface area (Å²) in [5, 5.41) is 9.00. The fraction of sp³-hybridized carbons (Fsp3) is 0.389. The topological polar surface area (TPSA) is 97.9 Å². The van der Waals surface area contributed by atoms with Gasteiger partial charge in [0.05, 0.1) is 12.2 Å². The van der Waals surface area contributed by atoms with Crippen LogP contribution in [0.15, 0.2) is 23.8 Å². The highest BCUT2D eigenvalue weighted by molar-refractivity contribution is 7.09. The quantitative estimate of drug-likeness (QED) is 0.699. The standard InChI is InChI=1S/C18H21N7O2S/c1-23-11-20-15(22-23)18(27)25-7-5-13-14(6-8-25)24(2)16(21-13)17(26)19-10-12-4-3-9-28-12/h3-4,9,11H,5-8,10H2,1-2H3,(H,19,26). The molecule has 28 heavy (non-hydrogen) atoms. The zero-order valence-electron chi connectivity index (χ0n) is 15.8. The SMILES string of the molecule is Cn1cnc(C(=O)N2CCc3nc(C(=O)NCc4cccs4)n(C)c3CC2)n1. The zero-order valence-corrected chi connectivity index (χ0v) is 16.6. The molecule has 0 spiro atoms. The van der Waals surface area contributed by atoms with Crippen molar-refractivity contribution in [2.75, 3.05) is 13.1 Å². The van der Waals surface area contributed by atoms with E-state index in [4.69, 9.17) is 0 Å². The summed E-state index contributed by atoms with van der Waals surface area (Å²) in [4.78, 5) is 36.6. The Morgan fingerprint density at radius 2 is 2.07 bits per heavy atom. The van der Waals surface area contributed by atoms with Crippen molar-refractivity contribution in [1.82, 2.24) is 34.5 Å². The van der Waals surface area contributed by atoms with Gasteiger partial charge in [-0.25, -0.2) is 9.97 Å². The Morgan fingerprint density at radius 1 is 1.25 bits per heavy atom. The Hall–Kier alpha value is -3.01. The van der Waals surface area contributed by atoms with E-state index in [1.807, 2.05) is 29.1 Å². The van der Waals surface area contributed by atoms with Crippen LogP contribution in [0, 0.1) is 0 Å². The van der Waals surface area contributed by atoms with Crippen LogP contribution >= 0.6 is 11.3 Å². The number of carbonyl (C=O) groups is 2. The molecule has 2 amide bonds. The third kappa shape index (κ3) is 3.55. The number of nitrogens with one attached hydrogen (secondary N) is 1. The molecule has 0 bridgehead atoms. The van der Waals surface area contributed by atoms with Crippen molar-refractivity contribution in [1.29, 1.82) is 0 Å². The van der Waals surface area contributed by atoms with Gasteiger partial charge in [-0.2, -0.15) is 0 Å². The van der Waals surface area contributed by atoms with Crippen molar-refractivity contribution in [3.63, 3.8) is 0 Å². The van der Waals surface area contributed by atoms with Gasteiger partial charge >= 0.3 is 0 Å². The van der Waals surface area contributed by atoms with Crippen LogP contribution in [-0.2, 0) is 33.5 Å². The van der Waals surface area contributed by atoms with Crippen molar-refractivity contribution in [3.8, 4) is 0 Å². The van der Waals surface area contributed by atoms with E-state index >= 15 is 0 Å². The van der Waals surface area contributed by atoms with E-state index < -0.39 is 0 Å². The van der Waals surface area contributed by atoms with Crippen LogP contribution in [-0.4, -0.2) is 54.1 Å². The van der Waals surface area contributed by atoms with Crippen LogP contribution in [0.1, 0.15) is 37.5 Å². The van der Waals surface area contributed by atoms with Crippen LogP contribution < -0.4 is 5.32 Å². The van der Waals surface area contributed by atoms with Crippen molar-refractivity contribution in [2.24, 2.45) is 14.1 Å². The Labute approximate surface area is 166 Å². The summed E-state index contributed by atoms with van der Waals surface area (Å²) in [5.74, 6) is 0.250. The van der Waals surface area contributed by atoms with Crippen LogP contribution in [0.5, 0.6) is 0 Å². The van der Waals surface area contributed by atoms with E-state index in [1.165, 1.54) is 11.0 Å². The Morgan fingerprint density at radius 3 is 2.79 bits per heavy atom. The summed E-state index contributed by atoms with van der Waals surface area (Å²) in [6, 6.07) is 3.95. The minimum atomic E-state index is -0.186. The number of hydrogen-bond acceptors (Lipinski definition) is 6. The largest absolute Gasteiger partial charge is 0.344 e. The van der Waals surface area contributed by atoms with Gasteiger partial charge in [0, 0.05) is 50.6 Å². The summed E-state index contributed by atoms with van der Waals surface area (Å²) < 4.78 is 3.36. The van der Waals surface area contributed by atoms with Gasteiger partial charge in [0.2, 0.25) is 5.82 Å². The first kappa shape index (κ1) is 18.4. The molecule has 1 N–H and O–H groups in total. The predicted molar refractivity (Wildman–Crippen MR) is 103 cm³/mol. The molecule has 0 atom stereocenters. The molecule has 3 aromatic heterocycles. The van der Waals surface area contributed by atoms with Gasteiger partial charge in [-0.1, -0.05) is 6.07 Å². The molecule has 1 aliphatic rings. The molecule has 9 nitrogen and oxygen atoms in total. The first-order chi connectivity index (χ1) is 13.5. The van der Waals surface area contributed by atoms with E-state index in [1.54, 1.807) is 23.3 Å². The van der Waals surface area contributed by atoms with E-state index in [9.17, 15) is 9.59 Å². The Kier molecular flexibility index (Phi) is 4.95. The molecular weight excluding hydrogens is 378 g/mol. The molecule has 0 aromatic carbocycles. The summed E-state index contributed by atoms with van der Waals surface area (Å²) >= 11 is 1.61. The molecule has 0 radical (unpaired) electrons. The molecule has 0 fully saturated rings. The predicted octanol–water partition coefficient (Wildman–Crippen LogP) is 0.781. The first-order valence-electron chi connectivity index (χ1n) is 9.03. The Bertz CT molecular complexity index is 1010. The number of rotatable bonds is 4. The average molecular weight is 399 g/mol. The molecule has 146 valence electrons. The fourth-order valence-electron chi connectivity index (χ4n) is 3.34. The van der Waals surface area contributed by atoms with E-state index in [0.717, 1.165) is 16.3 Å². The monoisotopic (exact) mass is 399 g/mol. The van der Waals surface area contributed by atoms with Crippen molar-refractivity contribution in [2.45, 2.75) is 19.4 Å². The number of fused-ring (bicyclic) bond motifs is 1. The molecular formula is C18H21N7O2S. The zero-order chi connectivity index (χ0) is 19.7. The van der Waals surface area contributed by atoms with E-state index in [2.05, 4.69) is 20.4 Å². The number of carbonyl (C=O) groups excluding carboxylic acids is 2. The molecule has 0 saturated carbocycles. The van der Waals surface area contributed by atoms with Crippen molar-refractivity contribution in [3.05, 3.63) is 51.8 Å². The van der Waals surface area contributed by atoms with Gasteiger partial charge < -0.3 is 14.8 Å². The van der Waals surface area contributed by atoms with Gasteiger partial charge in [0.1, 0.15) is 6.33 Å². The normalized spacial score (nSPS) is 13.9. The Balaban J connectivity index is 1.44. The number of thiophene rings is 1. The minimum absolute atomic E-state index is 0.178. The average Bonchev–Trinajstić information content (AvgIpc) is 3.38. The minimum Gasteiger partial charge on any atom is -0.344 e. The fourth-order valence-corrected chi connectivity index (χ4v) is 3.98. The van der Waals surface area contributed by atoms with Gasteiger partial charge in [0.25, 0.3) is 11.8 Å². The molecule has 10 heteroatoms. The van der Waals surface area contributed by atoms with E-state index in [0.29, 0.717) is 38.3 Å². The van der Waals surface area contributed by atoms with Crippen LogP contribution in [0.4, 0.5) is 0 Å². The molecule has 4 rings (SSSR count). The molecule has 1 aliphatic heterocycles. The third-order valence-corrected chi connectivity index (χ3v) is 5.69. The van der Waals surface area contributed by atoms with Crippen LogP contribution in [0.3, 0.4) is 0 Å². The number of amides is 2. The summed E-state index contributed by atoms with van der Waals surface area (Å²) in [5.41, 5.74) is 1.86. The molecule has 3 aromatic rings. The van der Waals surface area contributed by atoms with Crippen molar-refractivity contribution < 1.29 is 9.59 Å². The van der Waals surface area contributed by atoms with Gasteiger partial charge in [-0.15, -0.1) is 16.4 Å². The van der Waals surface area contributed by atoms with Crippen molar-refractivity contribution >= 4 is 23.2 Å². The lowest BCUT2D eigenvalue weighted by atomic mass is 10.2. The number of aryl methyl sites for hydroxylation is 1. The van der Waals surface area contributed by atoms with E-state index in [-0.39, 0.29) is 17.6 Å². The second kappa shape index (κ2) is 7.55. The number of hydrogen-bond donors (Lipinski definition) is 1. The lowest BCUT2D eigenvalue weighted by molar-refractivity contribution is 0.0749. The smallest absolute Gasteiger partial charge is 0.293 e. The highest BCUT2D eigenvalue weighted by atomic mass is 32.1. The lowest BCUT2D eigenvalue weighted by Crippen LogP contribution is -2.34. The van der Waals surface area contributed by atoms with Crippen LogP contribution in [0.25, 0.3) is 0 Å². The van der Waals surface area contributed by atoms with Gasteiger partial charge in [-0.05, 0) is 11.4 Å². The number of nitrogens with zero attached hydrogens (tertiary/aromatic N) is 6. The maximum atomic E-state index is 12.6. The maximum Gasteiger partial charge on any atom is 0.293 e. The first-order valence-corrected chi connectivity index (χ1v) is 9.91. The lowest BCUT2D eigenvalue weighted by Gasteiger charge is -2.18. The molecule has 4 heterocycles. The summed E-state index contributed by atoms with van der Waals surface area (Å²) in [6.45, 7) is 1.56. The third-order valence-electron chi connectivity index (χ3n) is 4.82. The molecule has 0 saturated heterocycles. The highest BCUT2D eigenvalue weighted by Gasteiger charge is 2.27. The summed E-state index contributed by atoms with van der Waals surface area (Å²) in [6.07, 6.45) is 2.75. The van der Waals surface area contributed by atoms with Crippen LogP contribution in [0.2, 0.25) is 0 Å². The maximum absolute atomic E-state index is 12.6. The highest BCUT2D eigenvalue weighted by Crippen LogP contribution is 2.18. The second-order valence-corrected chi connectivity index (χ2v) is 7.72. The molecule has 0 aliphatic carbocycles.